The predicted octanol–water partition coefficient (Wildman–Crippen LogP) is 3.47. The molecule has 0 saturated carbocycles. The molecule has 0 aliphatic carbocycles. The number of carbonyl (C=O) groups is 1. The molecule has 3 nitrogen and oxygen atoms in total. The highest BCUT2D eigenvalue weighted by Gasteiger charge is 2.16. The van der Waals surface area contributed by atoms with Crippen molar-refractivity contribution >= 4 is 21.8 Å². The molecule has 2 atom stereocenters. The summed E-state index contributed by atoms with van der Waals surface area (Å²) in [5.41, 5.74) is 1.01. The molecule has 0 aliphatic rings. The summed E-state index contributed by atoms with van der Waals surface area (Å²) >= 11 is 3.39. The highest BCUT2D eigenvalue weighted by atomic mass is 79.9. The van der Waals surface area contributed by atoms with Crippen molar-refractivity contribution in [2.75, 3.05) is 13.2 Å². The number of halogens is 1. The molecule has 112 valence electrons. The van der Waals surface area contributed by atoms with E-state index in [1.54, 1.807) is 0 Å². The zero-order chi connectivity index (χ0) is 15.0. The van der Waals surface area contributed by atoms with Crippen molar-refractivity contribution in [1.82, 2.24) is 5.32 Å². The lowest BCUT2D eigenvalue weighted by Gasteiger charge is -2.18. The molecular formula is C16H24BrNO2. The van der Waals surface area contributed by atoms with Gasteiger partial charge < -0.3 is 10.4 Å². The predicted molar refractivity (Wildman–Crippen MR) is 85.7 cm³/mol. The van der Waals surface area contributed by atoms with Gasteiger partial charge in [0, 0.05) is 17.6 Å². The van der Waals surface area contributed by atoms with Crippen LogP contribution >= 0.6 is 15.9 Å². The maximum Gasteiger partial charge on any atom is 0.227 e. The van der Waals surface area contributed by atoms with Gasteiger partial charge in [0.25, 0.3) is 0 Å². The lowest BCUT2D eigenvalue weighted by molar-refractivity contribution is -0.122. The van der Waals surface area contributed by atoms with Gasteiger partial charge in [-0.2, -0.15) is 0 Å². The second-order valence-electron chi connectivity index (χ2n) is 5.19. The first-order valence-corrected chi connectivity index (χ1v) is 8.01. The first-order valence-electron chi connectivity index (χ1n) is 7.22. The molecule has 0 fully saturated rings. The van der Waals surface area contributed by atoms with Gasteiger partial charge in [0.2, 0.25) is 5.91 Å². The van der Waals surface area contributed by atoms with Gasteiger partial charge in [-0.05, 0) is 43.4 Å². The number of amides is 1. The van der Waals surface area contributed by atoms with Crippen LogP contribution in [0.25, 0.3) is 0 Å². The van der Waals surface area contributed by atoms with E-state index in [0.717, 1.165) is 29.3 Å². The average molecular weight is 342 g/mol. The Morgan fingerprint density at radius 2 is 1.95 bits per heavy atom. The zero-order valence-corrected chi connectivity index (χ0v) is 13.8. The highest BCUT2D eigenvalue weighted by Crippen LogP contribution is 2.19. The second kappa shape index (κ2) is 9.14. The fourth-order valence-corrected chi connectivity index (χ4v) is 2.50. The van der Waals surface area contributed by atoms with Crippen molar-refractivity contribution in [3.63, 3.8) is 0 Å². The van der Waals surface area contributed by atoms with Gasteiger partial charge in [0.15, 0.2) is 0 Å². The van der Waals surface area contributed by atoms with Gasteiger partial charge in [-0.1, -0.05) is 41.4 Å². The van der Waals surface area contributed by atoms with Crippen molar-refractivity contribution in [2.24, 2.45) is 5.92 Å². The Hall–Kier alpha value is -0.870. The normalized spacial score (nSPS) is 13.8. The van der Waals surface area contributed by atoms with Crippen LogP contribution in [0.15, 0.2) is 28.7 Å². The molecule has 1 aromatic carbocycles. The van der Waals surface area contributed by atoms with Crippen LogP contribution in [0, 0.1) is 5.92 Å². The Balaban J connectivity index is 2.50. The molecule has 0 bridgehead atoms. The third kappa shape index (κ3) is 5.63. The minimum atomic E-state index is -0.153. The number of hydrogen-bond acceptors (Lipinski definition) is 2. The SMILES string of the molecule is CCCC(CCO)CNC(=O)C(C)c1ccc(Br)cc1. The van der Waals surface area contributed by atoms with Gasteiger partial charge in [-0.15, -0.1) is 0 Å². The first kappa shape index (κ1) is 17.2. The first-order chi connectivity index (χ1) is 9.58. The van der Waals surface area contributed by atoms with Crippen LogP contribution < -0.4 is 5.32 Å². The van der Waals surface area contributed by atoms with Gasteiger partial charge in [-0.25, -0.2) is 0 Å². The molecule has 0 radical (unpaired) electrons. The fourth-order valence-electron chi connectivity index (χ4n) is 2.24. The molecular weight excluding hydrogens is 318 g/mol. The molecule has 0 heterocycles. The molecule has 1 amide bonds. The molecule has 0 aromatic heterocycles. The number of aliphatic hydroxyl groups is 1. The maximum absolute atomic E-state index is 12.2. The molecule has 0 spiro atoms. The van der Waals surface area contributed by atoms with Crippen molar-refractivity contribution < 1.29 is 9.90 Å². The van der Waals surface area contributed by atoms with Crippen molar-refractivity contribution in [1.29, 1.82) is 0 Å². The largest absolute Gasteiger partial charge is 0.396 e. The third-order valence-corrected chi connectivity index (χ3v) is 4.09. The summed E-state index contributed by atoms with van der Waals surface area (Å²) in [5.74, 6) is 0.261. The lowest BCUT2D eigenvalue weighted by atomic mass is 9.98. The minimum absolute atomic E-state index is 0.0476. The van der Waals surface area contributed by atoms with Crippen LogP contribution in [0.3, 0.4) is 0 Å². The summed E-state index contributed by atoms with van der Waals surface area (Å²) in [5, 5.41) is 12.0. The highest BCUT2D eigenvalue weighted by molar-refractivity contribution is 9.10. The van der Waals surface area contributed by atoms with Crippen LogP contribution in [-0.2, 0) is 4.79 Å². The molecule has 2 unspecified atom stereocenters. The van der Waals surface area contributed by atoms with E-state index in [-0.39, 0.29) is 18.4 Å². The Kier molecular flexibility index (Phi) is 7.85. The van der Waals surface area contributed by atoms with Gasteiger partial charge >= 0.3 is 0 Å². The number of benzene rings is 1. The molecule has 2 N–H and O–H groups in total. The van der Waals surface area contributed by atoms with Crippen molar-refractivity contribution in [2.45, 2.75) is 39.0 Å². The van der Waals surface area contributed by atoms with E-state index < -0.39 is 0 Å². The van der Waals surface area contributed by atoms with E-state index in [4.69, 9.17) is 5.11 Å². The topological polar surface area (TPSA) is 49.3 Å². The van der Waals surface area contributed by atoms with Gasteiger partial charge in [0.05, 0.1) is 5.92 Å². The third-order valence-electron chi connectivity index (χ3n) is 3.56. The molecule has 4 heteroatoms. The van der Waals surface area contributed by atoms with Crippen molar-refractivity contribution in [3.05, 3.63) is 34.3 Å². The maximum atomic E-state index is 12.2. The molecule has 1 aromatic rings. The summed E-state index contributed by atoms with van der Waals surface area (Å²) in [6.45, 7) is 4.87. The summed E-state index contributed by atoms with van der Waals surface area (Å²) in [7, 11) is 0. The fraction of sp³-hybridized carbons (Fsp3) is 0.562. The molecule has 0 aliphatic heterocycles. The van der Waals surface area contributed by atoms with E-state index in [1.807, 2.05) is 31.2 Å². The Morgan fingerprint density at radius 3 is 2.50 bits per heavy atom. The van der Waals surface area contributed by atoms with Gasteiger partial charge in [0.1, 0.15) is 0 Å². The standard InChI is InChI=1S/C16H24BrNO2/c1-3-4-13(9-10-19)11-18-16(20)12(2)14-5-7-15(17)8-6-14/h5-8,12-13,19H,3-4,9-11H2,1-2H3,(H,18,20). The number of rotatable bonds is 8. The summed E-state index contributed by atoms with van der Waals surface area (Å²) in [6.07, 6.45) is 2.86. The van der Waals surface area contributed by atoms with Gasteiger partial charge in [-0.3, -0.25) is 4.79 Å². The van der Waals surface area contributed by atoms with Crippen molar-refractivity contribution in [3.8, 4) is 0 Å². The number of carbonyl (C=O) groups excluding carboxylic acids is 1. The number of hydrogen-bond donors (Lipinski definition) is 2. The smallest absolute Gasteiger partial charge is 0.227 e. The zero-order valence-electron chi connectivity index (χ0n) is 12.2. The van der Waals surface area contributed by atoms with E-state index in [1.165, 1.54) is 0 Å². The van der Waals surface area contributed by atoms with Crippen LogP contribution in [0.1, 0.15) is 44.6 Å². The average Bonchev–Trinajstić information content (AvgIpc) is 2.45. The Labute approximate surface area is 129 Å². The minimum Gasteiger partial charge on any atom is -0.396 e. The molecule has 1 rings (SSSR count). The van der Waals surface area contributed by atoms with Crippen LogP contribution in [-0.4, -0.2) is 24.2 Å². The van der Waals surface area contributed by atoms with E-state index in [0.29, 0.717) is 12.5 Å². The van der Waals surface area contributed by atoms with Crippen LogP contribution in [0.2, 0.25) is 0 Å². The lowest BCUT2D eigenvalue weighted by Crippen LogP contribution is -2.32. The summed E-state index contributed by atoms with van der Waals surface area (Å²) < 4.78 is 1.01. The quantitative estimate of drug-likeness (QED) is 0.760. The summed E-state index contributed by atoms with van der Waals surface area (Å²) in [4.78, 5) is 12.2. The van der Waals surface area contributed by atoms with E-state index in [2.05, 4.69) is 28.2 Å². The Morgan fingerprint density at radius 1 is 1.30 bits per heavy atom. The monoisotopic (exact) mass is 341 g/mol. The summed E-state index contributed by atoms with van der Waals surface area (Å²) in [6, 6.07) is 7.83. The molecule has 0 saturated heterocycles. The van der Waals surface area contributed by atoms with E-state index >= 15 is 0 Å². The van der Waals surface area contributed by atoms with E-state index in [9.17, 15) is 4.79 Å². The molecule has 20 heavy (non-hydrogen) atoms. The van der Waals surface area contributed by atoms with Crippen LogP contribution in [0.4, 0.5) is 0 Å². The van der Waals surface area contributed by atoms with Crippen LogP contribution in [0.5, 0.6) is 0 Å². The number of nitrogens with one attached hydrogen (secondary N) is 1. The Bertz CT molecular complexity index is 399. The second-order valence-corrected chi connectivity index (χ2v) is 6.10. The number of aliphatic hydroxyl groups excluding tert-OH is 1.